The Morgan fingerprint density at radius 2 is 1.04 bits per heavy atom. The molecule has 0 unspecified atom stereocenters. The van der Waals surface area contributed by atoms with Gasteiger partial charge in [-0.3, -0.25) is 4.57 Å². The molecule has 0 N–H and O–H groups in total. The standard InChI is InChI=1S/C51H30N4O/c1-2-12-31(13-3-1)36-20-10-16-34-30-35(25-27-37(34)36)49-52-50(42-21-11-23-45-47(42)40-19-8-9-22-44(40)56-45)54-51(53-49)55-43-29-26-32-14-4-6-17-38(32)46(43)41-28-24-33-15-5-7-18-39(33)48(41)55/h1-30H. The van der Waals surface area contributed by atoms with Crippen LogP contribution in [0.1, 0.15) is 0 Å². The topological polar surface area (TPSA) is 56.7 Å². The Bertz CT molecular complexity index is 3540. The van der Waals surface area contributed by atoms with E-state index in [1.54, 1.807) is 0 Å². The summed E-state index contributed by atoms with van der Waals surface area (Å²) in [7, 11) is 0. The summed E-state index contributed by atoms with van der Waals surface area (Å²) in [6.45, 7) is 0. The highest BCUT2D eigenvalue weighted by atomic mass is 16.3. The Hall–Kier alpha value is -7.63. The number of hydrogen-bond acceptors (Lipinski definition) is 4. The number of aromatic nitrogens is 4. The zero-order valence-electron chi connectivity index (χ0n) is 30.0. The van der Waals surface area contributed by atoms with E-state index in [2.05, 4.69) is 156 Å². The molecule has 0 bridgehead atoms. The van der Waals surface area contributed by atoms with E-state index in [4.69, 9.17) is 19.4 Å². The molecule has 3 aromatic heterocycles. The molecule has 0 saturated carbocycles. The Morgan fingerprint density at radius 1 is 0.375 bits per heavy atom. The quantitative estimate of drug-likeness (QED) is 0.182. The maximum absolute atomic E-state index is 6.36. The maximum Gasteiger partial charge on any atom is 0.238 e. The number of fused-ring (bicyclic) bond motifs is 11. The smallest absolute Gasteiger partial charge is 0.238 e. The van der Waals surface area contributed by atoms with Crippen LogP contribution in [0.4, 0.5) is 0 Å². The van der Waals surface area contributed by atoms with E-state index in [0.717, 1.165) is 65.6 Å². The average molecular weight is 715 g/mol. The molecular weight excluding hydrogens is 685 g/mol. The van der Waals surface area contributed by atoms with Gasteiger partial charge in [0, 0.05) is 38.1 Å². The molecule has 0 radical (unpaired) electrons. The van der Waals surface area contributed by atoms with Gasteiger partial charge >= 0.3 is 0 Å². The Labute approximate surface area is 320 Å². The number of furan rings is 1. The van der Waals surface area contributed by atoms with Crippen molar-refractivity contribution in [3.63, 3.8) is 0 Å². The molecule has 0 amide bonds. The zero-order valence-corrected chi connectivity index (χ0v) is 30.0. The molecule has 3 heterocycles. The molecule has 9 aromatic carbocycles. The van der Waals surface area contributed by atoms with Crippen LogP contribution in [0.15, 0.2) is 186 Å². The average Bonchev–Trinajstić information content (AvgIpc) is 3.83. The predicted octanol–water partition coefficient (Wildman–Crippen LogP) is 13.3. The molecule has 5 heteroatoms. The van der Waals surface area contributed by atoms with Gasteiger partial charge in [0.15, 0.2) is 11.6 Å². The van der Waals surface area contributed by atoms with E-state index in [-0.39, 0.29) is 0 Å². The van der Waals surface area contributed by atoms with Crippen LogP contribution in [0.3, 0.4) is 0 Å². The highest BCUT2D eigenvalue weighted by Crippen LogP contribution is 2.41. The molecule has 5 nitrogen and oxygen atoms in total. The van der Waals surface area contributed by atoms with Crippen molar-refractivity contribution in [1.82, 2.24) is 19.5 Å². The number of benzene rings is 9. The summed E-state index contributed by atoms with van der Waals surface area (Å²) in [5.41, 5.74) is 7.89. The first-order chi connectivity index (χ1) is 27.8. The fourth-order valence-electron chi connectivity index (χ4n) is 8.72. The highest BCUT2D eigenvalue weighted by molar-refractivity contribution is 6.26. The number of rotatable bonds is 4. The molecule has 12 rings (SSSR count). The van der Waals surface area contributed by atoms with Gasteiger partial charge in [-0.15, -0.1) is 0 Å². The van der Waals surface area contributed by atoms with Crippen molar-refractivity contribution in [3.8, 4) is 39.9 Å². The van der Waals surface area contributed by atoms with E-state index in [0.29, 0.717) is 17.6 Å². The van der Waals surface area contributed by atoms with E-state index in [1.807, 2.05) is 30.3 Å². The van der Waals surface area contributed by atoms with Gasteiger partial charge in [0.2, 0.25) is 5.95 Å². The molecule has 260 valence electrons. The highest BCUT2D eigenvalue weighted by Gasteiger charge is 2.22. The van der Waals surface area contributed by atoms with E-state index in [1.165, 1.54) is 32.7 Å². The normalized spacial score (nSPS) is 11.9. The van der Waals surface area contributed by atoms with Crippen molar-refractivity contribution < 1.29 is 4.42 Å². The van der Waals surface area contributed by atoms with Crippen LogP contribution in [0, 0.1) is 0 Å². The number of nitrogens with zero attached hydrogens (tertiary/aromatic N) is 4. The molecule has 0 saturated heterocycles. The Kier molecular flexibility index (Phi) is 6.56. The summed E-state index contributed by atoms with van der Waals surface area (Å²) in [5, 5.41) is 11.3. The van der Waals surface area contributed by atoms with Gasteiger partial charge in [0.1, 0.15) is 11.2 Å². The van der Waals surface area contributed by atoms with E-state index >= 15 is 0 Å². The lowest BCUT2D eigenvalue weighted by molar-refractivity contribution is 0.669. The maximum atomic E-state index is 6.36. The summed E-state index contributed by atoms with van der Waals surface area (Å²) in [6, 6.07) is 63.9. The van der Waals surface area contributed by atoms with Crippen molar-refractivity contribution in [2.75, 3.05) is 0 Å². The van der Waals surface area contributed by atoms with Crippen molar-refractivity contribution >= 4 is 76.1 Å². The number of hydrogen-bond donors (Lipinski definition) is 0. The van der Waals surface area contributed by atoms with Gasteiger partial charge < -0.3 is 4.42 Å². The van der Waals surface area contributed by atoms with Crippen LogP contribution in [0.5, 0.6) is 0 Å². The first-order valence-corrected chi connectivity index (χ1v) is 18.9. The molecule has 0 aliphatic carbocycles. The molecule has 56 heavy (non-hydrogen) atoms. The van der Waals surface area contributed by atoms with E-state index < -0.39 is 0 Å². The minimum Gasteiger partial charge on any atom is -0.456 e. The van der Waals surface area contributed by atoms with Gasteiger partial charge in [0.25, 0.3) is 0 Å². The van der Waals surface area contributed by atoms with Crippen LogP contribution in [-0.2, 0) is 0 Å². The third-order valence-electron chi connectivity index (χ3n) is 11.2. The second-order valence-corrected chi connectivity index (χ2v) is 14.4. The SMILES string of the molecule is c1ccc(-c2cccc3cc(-c4nc(-c5cccc6oc7ccccc7c56)nc(-n5c6ccc7ccccc7c6c6ccc7ccccc7c65)n4)ccc23)cc1. The zero-order chi connectivity index (χ0) is 36.7. The van der Waals surface area contributed by atoms with Gasteiger partial charge in [-0.05, 0) is 62.3 Å². The summed E-state index contributed by atoms with van der Waals surface area (Å²) in [4.78, 5) is 16.1. The van der Waals surface area contributed by atoms with Crippen molar-refractivity contribution in [1.29, 1.82) is 0 Å². The van der Waals surface area contributed by atoms with Gasteiger partial charge in [-0.25, -0.2) is 4.98 Å². The second-order valence-electron chi connectivity index (χ2n) is 14.4. The number of para-hydroxylation sites is 1. The van der Waals surface area contributed by atoms with E-state index in [9.17, 15) is 0 Å². The third-order valence-corrected chi connectivity index (χ3v) is 11.2. The first kappa shape index (κ1) is 30.8. The molecule has 0 aliphatic rings. The van der Waals surface area contributed by atoms with Crippen molar-refractivity contribution in [2.45, 2.75) is 0 Å². The lowest BCUT2D eigenvalue weighted by Crippen LogP contribution is -2.07. The molecule has 0 fully saturated rings. The van der Waals surface area contributed by atoms with Gasteiger partial charge in [-0.2, -0.15) is 9.97 Å². The lowest BCUT2D eigenvalue weighted by atomic mass is 9.97. The summed E-state index contributed by atoms with van der Waals surface area (Å²) in [5.74, 6) is 1.73. The Morgan fingerprint density at radius 3 is 1.93 bits per heavy atom. The molecular formula is C51H30N4O. The van der Waals surface area contributed by atoms with Crippen LogP contribution < -0.4 is 0 Å². The molecule has 0 aliphatic heterocycles. The van der Waals surface area contributed by atoms with Gasteiger partial charge in [0.05, 0.1) is 11.0 Å². The lowest BCUT2D eigenvalue weighted by Gasteiger charge is -2.13. The summed E-state index contributed by atoms with van der Waals surface area (Å²) in [6.07, 6.45) is 0. The van der Waals surface area contributed by atoms with Crippen molar-refractivity contribution in [3.05, 3.63) is 182 Å². The molecule has 12 aromatic rings. The van der Waals surface area contributed by atoms with Crippen LogP contribution in [0.25, 0.3) is 116 Å². The first-order valence-electron chi connectivity index (χ1n) is 18.9. The van der Waals surface area contributed by atoms with Gasteiger partial charge in [-0.1, -0.05) is 158 Å². The summed E-state index contributed by atoms with van der Waals surface area (Å²) >= 11 is 0. The van der Waals surface area contributed by atoms with Crippen LogP contribution in [0.2, 0.25) is 0 Å². The summed E-state index contributed by atoms with van der Waals surface area (Å²) < 4.78 is 8.60. The van der Waals surface area contributed by atoms with Crippen LogP contribution >= 0.6 is 0 Å². The van der Waals surface area contributed by atoms with Crippen molar-refractivity contribution in [2.24, 2.45) is 0 Å². The molecule has 0 spiro atoms. The minimum absolute atomic E-state index is 0.555. The monoisotopic (exact) mass is 714 g/mol. The fraction of sp³-hybridized carbons (Fsp3) is 0. The minimum atomic E-state index is 0.555. The second kappa shape index (κ2) is 11.9. The fourth-order valence-corrected chi connectivity index (χ4v) is 8.72. The van der Waals surface area contributed by atoms with Crippen LogP contribution in [-0.4, -0.2) is 19.5 Å². The third kappa shape index (κ3) is 4.58. The largest absolute Gasteiger partial charge is 0.456 e. The predicted molar refractivity (Wildman–Crippen MR) is 230 cm³/mol. The molecule has 0 atom stereocenters. The Balaban J connectivity index is 1.19.